The first-order valence-electron chi connectivity index (χ1n) is 11.5. The summed E-state index contributed by atoms with van der Waals surface area (Å²) in [5, 5.41) is 0. The Morgan fingerprint density at radius 2 is 1.44 bits per heavy atom. The fourth-order valence-electron chi connectivity index (χ4n) is 4.32. The summed E-state index contributed by atoms with van der Waals surface area (Å²) >= 11 is 0. The molecule has 0 aromatic heterocycles. The number of fused-ring (bicyclic) bond motifs is 3. The number of ether oxygens (including phenoxy) is 1. The van der Waals surface area contributed by atoms with E-state index in [2.05, 4.69) is 19.1 Å². The van der Waals surface area contributed by atoms with Crippen LogP contribution in [0.15, 0.2) is 54.6 Å². The van der Waals surface area contributed by atoms with Crippen LogP contribution < -0.4 is 4.74 Å². The Morgan fingerprint density at radius 1 is 0.781 bits per heavy atom. The predicted octanol–water partition coefficient (Wildman–Crippen LogP) is 8.81. The Hall–Kier alpha value is -2.75. The minimum Gasteiger partial charge on any atom is -0.425 e. The van der Waals surface area contributed by atoms with Gasteiger partial charge in [-0.2, -0.15) is 8.78 Å². The first-order chi connectivity index (χ1) is 15.4. The van der Waals surface area contributed by atoms with Crippen LogP contribution in [0.3, 0.4) is 0 Å². The molecule has 0 fully saturated rings. The summed E-state index contributed by atoms with van der Waals surface area (Å²) in [6.45, 7) is 3.75. The molecule has 32 heavy (non-hydrogen) atoms. The van der Waals surface area contributed by atoms with E-state index in [0.717, 1.165) is 12.0 Å². The molecular weight excluding hydrogens is 409 g/mol. The third-order valence-corrected chi connectivity index (χ3v) is 6.25. The smallest absolute Gasteiger partial charge is 0.425 e. The summed E-state index contributed by atoms with van der Waals surface area (Å²) in [4.78, 5) is 0. The van der Waals surface area contributed by atoms with Crippen molar-refractivity contribution in [3.63, 3.8) is 0 Å². The van der Waals surface area contributed by atoms with Crippen molar-refractivity contribution in [2.45, 2.75) is 64.9 Å². The van der Waals surface area contributed by atoms with Gasteiger partial charge in [0.25, 0.3) is 0 Å². The molecular formula is C28H29F3O. The first kappa shape index (κ1) is 22.4. The van der Waals surface area contributed by atoms with E-state index in [1.165, 1.54) is 57.1 Å². The summed E-state index contributed by atoms with van der Waals surface area (Å²) in [6, 6.07) is 16.2. The third kappa shape index (κ3) is 4.55. The quantitative estimate of drug-likeness (QED) is 0.319. The molecule has 1 heterocycles. The van der Waals surface area contributed by atoms with E-state index in [1.807, 2.05) is 18.2 Å². The molecule has 4 heteroatoms. The average Bonchev–Trinajstić information content (AvgIpc) is 2.79. The third-order valence-electron chi connectivity index (χ3n) is 6.25. The van der Waals surface area contributed by atoms with Crippen LogP contribution in [0.25, 0.3) is 22.3 Å². The number of hydrogen-bond donors (Lipinski definition) is 0. The average molecular weight is 439 g/mol. The summed E-state index contributed by atoms with van der Waals surface area (Å²) < 4.78 is 48.9. The van der Waals surface area contributed by atoms with Gasteiger partial charge in [-0.05, 0) is 53.6 Å². The van der Waals surface area contributed by atoms with E-state index in [-0.39, 0.29) is 16.9 Å². The highest BCUT2D eigenvalue weighted by atomic mass is 19.3. The zero-order valence-corrected chi connectivity index (χ0v) is 18.7. The van der Waals surface area contributed by atoms with Crippen molar-refractivity contribution in [1.82, 2.24) is 0 Å². The van der Waals surface area contributed by atoms with E-state index >= 15 is 0 Å². The van der Waals surface area contributed by atoms with Crippen LogP contribution in [0.5, 0.6) is 5.75 Å². The van der Waals surface area contributed by atoms with Gasteiger partial charge in [0.1, 0.15) is 0 Å². The van der Waals surface area contributed by atoms with Crippen LogP contribution in [-0.2, 0) is 12.5 Å². The summed E-state index contributed by atoms with van der Waals surface area (Å²) in [6.07, 6.45) is 4.99. The summed E-state index contributed by atoms with van der Waals surface area (Å²) in [5.74, 6) is -1.12. The number of alkyl halides is 2. The van der Waals surface area contributed by atoms with Gasteiger partial charge in [0.2, 0.25) is 0 Å². The maximum atomic E-state index is 14.8. The van der Waals surface area contributed by atoms with Crippen LogP contribution in [0.4, 0.5) is 13.2 Å². The van der Waals surface area contributed by atoms with Crippen LogP contribution in [-0.4, -0.2) is 0 Å². The normalized spacial score (nSPS) is 13.9. The minimum atomic E-state index is -3.59. The molecule has 0 saturated heterocycles. The van der Waals surface area contributed by atoms with E-state index in [4.69, 9.17) is 4.74 Å². The molecule has 0 saturated carbocycles. The molecule has 0 bridgehead atoms. The maximum Gasteiger partial charge on any atom is 0.427 e. The summed E-state index contributed by atoms with van der Waals surface area (Å²) in [5.41, 5.74) is 3.53. The topological polar surface area (TPSA) is 9.23 Å². The highest BCUT2D eigenvalue weighted by Crippen LogP contribution is 2.49. The second kappa shape index (κ2) is 9.40. The fourth-order valence-corrected chi connectivity index (χ4v) is 4.32. The van der Waals surface area contributed by atoms with Gasteiger partial charge in [0.15, 0.2) is 11.6 Å². The second-order valence-corrected chi connectivity index (χ2v) is 8.67. The molecule has 0 amide bonds. The number of unbranched alkanes of at least 4 members (excludes halogenated alkanes) is 5. The van der Waals surface area contributed by atoms with Crippen molar-refractivity contribution in [3.8, 4) is 28.0 Å². The second-order valence-electron chi connectivity index (χ2n) is 8.67. The highest BCUT2D eigenvalue weighted by molar-refractivity contribution is 5.80. The molecule has 1 nitrogen and oxygen atoms in total. The number of aryl methyl sites for hydroxylation is 2. The number of hydrogen-bond acceptors (Lipinski definition) is 1. The molecule has 0 N–H and O–H groups in total. The molecule has 0 atom stereocenters. The van der Waals surface area contributed by atoms with Crippen LogP contribution in [0.2, 0.25) is 0 Å². The van der Waals surface area contributed by atoms with Crippen molar-refractivity contribution in [1.29, 1.82) is 0 Å². The van der Waals surface area contributed by atoms with Gasteiger partial charge in [-0.3, -0.25) is 0 Å². The van der Waals surface area contributed by atoms with Crippen molar-refractivity contribution >= 4 is 0 Å². The maximum absolute atomic E-state index is 14.8. The van der Waals surface area contributed by atoms with Gasteiger partial charge >= 0.3 is 6.11 Å². The minimum absolute atomic E-state index is 0.234. The number of halogens is 3. The van der Waals surface area contributed by atoms with Gasteiger partial charge in [-0.1, -0.05) is 87.6 Å². The molecule has 1 aliphatic rings. The van der Waals surface area contributed by atoms with Crippen molar-refractivity contribution in [3.05, 3.63) is 77.1 Å². The largest absolute Gasteiger partial charge is 0.427 e. The SMILES string of the molecule is CCCCCCCCc1ccc(-c2ccc3c(c2)C(F)(F)Oc2c-3ccc(C)c2F)cc1. The highest BCUT2D eigenvalue weighted by Gasteiger charge is 2.43. The molecule has 0 unspecified atom stereocenters. The Balaban J connectivity index is 1.53. The fraction of sp³-hybridized carbons (Fsp3) is 0.357. The molecule has 3 aromatic carbocycles. The Morgan fingerprint density at radius 3 is 2.19 bits per heavy atom. The molecule has 0 spiro atoms. The van der Waals surface area contributed by atoms with E-state index < -0.39 is 11.9 Å². The molecule has 1 aliphatic heterocycles. The number of benzene rings is 3. The Labute approximate surface area is 188 Å². The van der Waals surface area contributed by atoms with Crippen molar-refractivity contribution in [2.24, 2.45) is 0 Å². The molecule has 0 radical (unpaired) electrons. The zero-order chi connectivity index (χ0) is 22.7. The lowest BCUT2D eigenvalue weighted by molar-refractivity contribution is -0.188. The lowest BCUT2D eigenvalue weighted by Gasteiger charge is -2.29. The molecule has 168 valence electrons. The molecule has 4 rings (SSSR count). The van der Waals surface area contributed by atoms with Gasteiger partial charge in [-0.25, -0.2) is 4.39 Å². The van der Waals surface area contributed by atoms with Crippen LogP contribution in [0, 0.1) is 12.7 Å². The van der Waals surface area contributed by atoms with Crippen molar-refractivity contribution < 1.29 is 17.9 Å². The van der Waals surface area contributed by atoms with Crippen LogP contribution >= 0.6 is 0 Å². The first-order valence-corrected chi connectivity index (χ1v) is 11.5. The van der Waals surface area contributed by atoms with Gasteiger partial charge in [0, 0.05) is 5.56 Å². The summed E-state index contributed by atoms with van der Waals surface area (Å²) in [7, 11) is 0. The lowest BCUT2D eigenvalue weighted by Crippen LogP contribution is -2.27. The van der Waals surface area contributed by atoms with Crippen LogP contribution in [0.1, 0.15) is 62.1 Å². The Kier molecular flexibility index (Phi) is 6.59. The molecule has 0 aliphatic carbocycles. The van der Waals surface area contributed by atoms with Gasteiger partial charge in [0.05, 0.1) is 5.56 Å². The van der Waals surface area contributed by atoms with Gasteiger partial charge < -0.3 is 4.74 Å². The van der Waals surface area contributed by atoms with Crippen molar-refractivity contribution in [2.75, 3.05) is 0 Å². The monoisotopic (exact) mass is 438 g/mol. The number of rotatable bonds is 8. The van der Waals surface area contributed by atoms with E-state index in [0.29, 0.717) is 16.7 Å². The van der Waals surface area contributed by atoms with Gasteiger partial charge in [-0.15, -0.1) is 0 Å². The Bertz CT molecular complexity index is 1090. The predicted molar refractivity (Wildman–Crippen MR) is 124 cm³/mol. The lowest BCUT2D eigenvalue weighted by atomic mass is 9.91. The van der Waals surface area contributed by atoms with E-state index in [9.17, 15) is 13.2 Å². The van der Waals surface area contributed by atoms with E-state index in [1.54, 1.807) is 18.2 Å². The zero-order valence-electron chi connectivity index (χ0n) is 18.7. The standard InChI is InChI=1S/C28H29F3O/c1-3-4-5-6-7-8-9-20-11-13-21(14-12-20)22-15-17-23-24-16-10-19(2)26(29)27(24)32-28(30,31)25(23)18-22/h10-18H,3-9H2,1-2H3. The molecule has 3 aromatic rings.